The van der Waals surface area contributed by atoms with E-state index in [0.717, 1.165) is 45.0 Å². The van der Waals surface area contributed by atoms with Crippen LogP contribution in [0.25, 0.3) is 76.3 Å². The van der Waals surface area contributed by atoms with E-state index in [-0.39, 0.29) is 0 Å². The summed E-state index contributed by atoms with van der Waals surface area (Å²) in [5, 5.41) is 2.49. The number of hydrogen-bond acceptors (Lipinski definition) is 3. The molecule has 0 aliphatic carbocycles. The summed E-state index contributed by atoms with van der Waals surface area (Å²) >= 11 is 1.82. The Hall–Kier alpha value is -5.38. The molecule has 8 aromatic rings. The highest BCUT2D eigenvalue weighted by Gasteiger charge is 2.20. The van der Waals surface area contributed by atoms with Gasteiger partial charge in [0.1, 0.15) is 0 Å². The van der Waals surface area contributed by atoms with Crippen LogP contribution in [0.5, 0.6) is 0 Å². The maximum absolute atomic E-state index is 5.27. The molecule has 2 aromatic heterocycles. The van der Waals surface area contributed by atoms with Crippen molar-refractivity contribution >= 4 is 31.5 Å². The summed E-state index contributed by atoms with van der Waals surface area (Å²) in [6.45, 7) is 0. The van der Waals surface area contributed by atoms with Gasteiger partial charge >= 0.3 is 0 Å². The molecule has 0 radical (unpaired) electrons. The summed E-state index contributed by atoms with van der Waals surface area (Å²) in [5.74, 6) is 0.736. The van der Waals surface area contributed by atoms with Crippen LogP contribution in [0, 0.1) is 0 Å². The van der Waals surface area contributed by atoms with Gasteiger partial charge in [-0.2, -0.15) is 0 Å². The average molecular weight is 567 g/mol. The lowest BCUT2D eigenvalue weighted by molar-refractivity contribution is 1.19. The van der Waals surface area contributed by atoms with Crippen molar-refractivity contribution in [2.75, 3.05) is 0 Å². The molecule has 6 aromatic carbocycles. The van der Waals surface area contributed by atoms with Crippen molar-refractivity contribution in [1.29, 1.82) is 0 Å². The fourth-order valence-electron chi connectivity index (χ4n) is 5.80. The van der Waals surface area contributed by atoms with E-state index in [2.05, 4.69) is 146 Å². The van der Waals surface area contributed by atoms with Crippen LogP contribution in [-0.4, -0.2) is 9.97 Å². The summed E-state index contributed by atoms with van der Waals surface area (Å²) < 4.78 is 2.47. The zero-order valence-corrected chi connectivity index (χ0v) is 24.1. The average Bonchev–Trinajstić information content (AvgIpc) is 3.48. The van der Waals surface area contributed by atoms with Gasteiger partial charge in [0.25, 0.3) is 0 Å². The molecular formula is C40H26N2S. The lowest BCUT2D eigenvalue weighted by atomic mass is 9.94. The zero-order valence-electron chi connectivity index (χ0n) is 23.3. The van der Waals surface area contributed by atoms with Crippen molar-refractivity contribution in [2.24, 2.45) is 0 Å². The number of benzene rings is 6. The van der Waals surface area contributed by atoms with Crippen molar-refractivity contribution in [1.82, 2.24) is 9.97 Å². The van der Waals surface area contributed by atoms with E-state index >= 15 is 0 Å². The molecule has 3 heteroatoms. The molecular weight excluding hydrogens is 541 g/mol. The molecule has 43 heavy (non-hydrogen) atoms. The van der Waals surface area contributed by atoms with Crippen LogP contribution in [0.15, 0.2) is 158 Å². The quantitative estimate of drug-likeness (QED) is 0.207. The van der Waals surface area contributed by atoms with Gasteiger partial charge in [-0.1, -0.05) is 146 Å². The second-order valence-corrected chi connectivity index (χ2v) is 11.7. The third-order valence-electron chi connectivity index (χ3n) is 7.94. The van der Waals surface area contributed by atoms with E-state index in [9.17, 15) is 0 Å². The molecule has 2 heterocycles. The lowest BCUT2D eigenvalue weighted by Gasteiger charge is -2.14. The molecule has 0 aliphatic heterocycles. The van der Waals surface area contributed by atoms with Crippen molar-refractivity contribution in [2.45, 2.75) is 0 Å². The van der Waals surface area contributed by atoms with Gasteiger partial charge in [0.2, 0.25) is 0 Å². The Morgan fingerprint density at radius 1 is 0.395 bits per heavy atom. The Morgan fingerprint density at radius 2 is 0.907 bits per heavy atom. The number of thiophene rings is 1. The van der Waals surface area contributed by atoms with E-state index in [0.29, 0.717) is 0 Å². The van der Waals surface area contributed by atoms with Crippen molar-refractivity contribution in [3.63, 3.8) is 0 Å². The molecule has 0 bridgehead atoms. The first kappa shape index (κ1) is 25.3. The molecule has 0 unspecified atom stereocenters. The van der Waals surface area contributed by atoms with Crippen LogP contribution in [0.1, 0.15) is 0 Å². The molecule has 0 N–H and O–H groups in total. The molecule has 0 amide bonds. The van der Waals surface area contributed by atoms with Crippen LogP contribution in [0.3, 0.4) is 0 Å². The Balaban J connectivity index is 1.40. The van der Waals surface area contributed by atoms with E-state index < -0.39 is 0 Å². The molecule has 0 spiro atoms. The minimum absolute atomic E-state index is 0.736. The number of fused-ring (bicyclic) bond motifs is 3. The number of nitrogens with zero attached hydrogens (tertiary/aromatic N) is 2. The first-order valence-corrected chi connectivity index (χ1v) is 15.2. The summed E-state index contributed by atoms with van der Waals surface area (Å²) in [7, 11) is 0. The first-order valence-electron chi connectivity index (χ1n) is 14.4. The second kappa shape index (κ2) is 10.8. The molecule has 2 nitrogen and oxygen atoms in total. The van der Waals surface area contributed by atoms with E-state index in [1.165, 1.54) is 31.3 Å². The van der Waals surface area contributed by atoms with Gasteiger partial charge in [-0.05, 0) is 34.4 Å². The molecule has 0 saturated heterocycles. The topological polar surface area (TPSA) is 25.8 Å². The van der Waals surface area contributed by atoms with Crippen molar-refractivity contribution < 1.29 is 0 Å². The molecule has 0 aliphatic rings. The van der Waals surface area contributed by atoms with Gasteiger partial charge in [-0.3, -0.25) is 0 Å². The van der Waals surface area contributed by atoms with Crippen LogP contribution >= 0.6 is 11.3 Å². The zero-order chi connectivity index (χ0) is 28.6. The monoisotopic (exact) mass is 566 g/mol. The van der Waals surface area contributed by atoms with Gasteiger partial charge in [-0.15, -0.1) is 11.3 Å². The SMILES string of the molecule is c1ccc(-c2ccc(-c3ccc4c(sc5ccccc54)c3-c3nc(-c4ccccc4)cc(-c4ccccc4)n3)cc2)cc1. The number of hydrogen-bond donors (Lipinski definition) is 0. The largest absolute Gasteiger partial charge is 0.228 e. The second-order valence-electron chi connectivity index (χ2n) is 10.6. The maximum atomic E-state index is 5.27. The lowest BCUT2D eigenvalue weighted by Crippen LogP contribution is -1.98. The molecule has 0 atom stereocenters. The Labute approximate surface area is 254 Å². The standard InChI is InChI=1S/C40H26N2S/c1-4-12-27(13-5-1)28-20-22-29(23-21-28)32-24-25-34-33-18-10-11-19-37(33)43-39(34)38(32)40-41-35(30-14-6-2-7-15-30)26-36(42-40)31-16-8-3-9-17-31/h1-26H. The fourth-order valence-corrected chi connectivity index (χ4v) is 7.04. The summed E-state index contributed by atoms with van der Waals surface area (Å²) in [5.41, 5.74) is 9.71. The van der Waals surface area contributed by atoms with Crippen LogP contribution in [0.2, 0.25) is 0 Å². The van der Waals surface area contributed by atoms with E-state index in [1.54, 1.807) is 0 Å². The predicted molar refractivity (Wildman–Crippen MR) is 182 cm³/mol. The number of rotatable bonds is 5. The molecule has 0 saturated carbocycles. The summed E-state index contributed by atoms with van der Waals surface area (Å²) in [4.78, 5) is 10.5. The third kappa shape index (κ3) is 4.70. The summed E-state index contributed by atoms with van der Waals surface area (Å²) in [6.07, 6.45) is 0. The predicted octanol–water partition coefficient (Wildman–Crippen LogP) is 11.2. The van der Waals surface area contributed by atoms with Crippen molar-refractivity contribution in [3.8, 4) is 56.2 Å². The molecule has 0 fully saturated rings. The van der Waals surface area contributed by atoms with Gasteiger partial charge < -0.3 is 0 Å². The van der Waals surface area contributed by atoms with Gasteiger partial charge in [-0.25, -0.2) is 9.97 Å². The van der Waals surface area contributed by atoms with Gasteiger partial charge in [0.05, 0.1) is 11.4 Å². The Bertz CT molecular complexity index is 2140. The Morgan fingerprint density at radius 3 is 1.53 bits per heavy atom. The molecule has 202 valence electrons. The first-order chi connectivity index (χ1) is 21.3. The van der Waals surface area contributed by atoms with Gasteiger partial charge in [0, 0.05) is 36.9 Å². The maximum Gasteiger partial charge on any atom is 0.162 e. The highest BCUT2D eigenvalue weighted by Crippen LogP contribution is 2.45. The minimum atomic E-state index is 0.736. The minimum Gasteiger partial charge on any atom is -0.228 e. The smallest absolute Gasteiger partial charge is 0.162 e. The highest BCUT2D eigenvalue weighted by molar-refractivity contribution is 7.26. The normalized spacial score (nSPS) is 11.3. The van der Waals surface area contributed by atoms with Crippen LogP contribution in [-0.2, 0) is 0 Å². The Kier molecular flexibility index (Phi) is 6.36. The third-order valence-corrected chi connectivity index (χ3v) is 9.14. The van der Waals surface area contributed by atoms with Gasteiger partial charge in [0.15, 0.2) is 5.82 Å². The van der Waals surface area contributed by atoms with E-state index in [1.807, 2.05) is 23.5 Å². The highest BCUT2D eigenvalue weighted by atomic mass is 32.1. The van der Waals surface area contributed by atoms with Crippen LogP contribution < -0.4 is 0 Å². The fraction of sp³-hybridized carbons (Fsp3) is 0. The summed E-state index contributed by atoms with van der Waals surface area (Å²) in [6, 6.07) is 55.4. The van der Waals surface area contributed by atoms with E-state index in [4.69, 9.17) is 9.97 Å². The van der Waals surface area contributed by atoms with Crippen molar-refractivity contribution in [3.05, 3.63) is 158 Å². The molecule has 8 rings (SSSR count). The number of aromatic nitrogens is 2. The van der Waals surface area contributed by atoms with Crippen LogP contribution in [0.4, 0.5) is 0 Å².